The van der Waals surface area contributed by atoms with Gasteiger partial charge >= 0.3 is 0 Å². The third kappa shape index (κ3) is 3.79. The Bertz CT molecular complexity index is 157. The molecule has 1 unspecified atom stereocenters. The normalized spacial score (nSPS) is 15.0. The van der Waals surface area contributed by atoms with Crippen LogP contribution >= 0.6 is 0 Å². The zero-order valence-electron chi connectivity index (χ0n) is 7.35. The molecular weight excluding hydrogens is 136 g/mol. The minimum Gasteiger partial charge on any atom is -0.296 e. The van der Waals surface area contributed by atoms with Crippen LogP contribution in [-0.2, 0) is 0 Å². The number of hydrogen-bond donors (Lipinski definition) is 1. The van der Waals surface area contributed by atoms with Crippen LogP contribution in [0.3, 0.4) is 0 Å². The van der Waals surface area contributed by atoms with Crippen molar-refractivity contribution in [2.45, 2.75) is 32.2 Å². The summed E-state index contributed by atoms with van der Waals surface area (Å²) in [6.45, 7) is 8.28. The Morgan fingerprint density at radius 3 is 2.73 bits per heavy atom. The maximum Gasteiger partial charge on any atom is 0.104 e. The molecule has 11 heavy (non-hydrogen) atoms. The fourth-order valence-electron chi connectivity index (χ4n) is 0.981. The Morgan fingerprint density at radius 1 is 1.73 bits per heavy atom. The molecule has 1 atom stereocenters. The first-order valence-corrected chi connectivity index (χ1v) is 3.95. The lowest BCUT2D eigenvalue weighted by molar-refractivity contribution is 0.433. The third-order valence-corrected chi connectivity index (χ3v) is 1.63. The number of nitrogens with zero attached hydrogens (tertiary/aromatic N) is 1. The van der Waals surface area contributed by atoms with E-state index in [1.165, 1.54) is 0 Å². The van der Waals surface area contributed by atoms with Gasteiger partial charge in [0.05, 0.1) is 6.07 Å². The summed E-state index contributed by atoms with van der Waals surface area (Å²) in [7, 11) is 0. The largest absolute Gasteiger partial charge is 0.296 e. The molecule has 0 rings (SSSR count). The van der Waals surface area contributed by atoms with Crippen LogP contribution in [0.25, 0.3) is 0 Å². The van der Waals surface area contributed by atoms with Gasteiger partial charge in [-0.2, -0.15) is 5.26 Å². The Morgan fingerprint density at radius 2 is 2.36 bits per heavy atom. The van der Waals surface area contributed by atoms with Crippen molar-refractivity contribution in [3.63, 3.8) is 0 Å². The summed E-state index contributed by atoms with van der Waals surface area (Å²) >= 11 is 0. The summed E-state index contributed by atoms with van der Waals surface area (Å²) in [6.07, 6.45) is 3.68. The molecule has 0 saturated heterocycles. The predicted molar refractivity (Wildman–Crippen MR) is 47.1 cm³/mol. The molecule has 0 aromatic rings. The number of nitrogens with one attached hydrogen (secondary N) is 1. The van der Waals surface area contributed by atoms with Gasteiger partial charge in [-0.15, -0.1) is 6.58 Å². The molecule has 1 N–H and O–H groups in total. The molecule has 2 nitrogen and oxygen atoms in total. The minimum atomic E-state index is -0.372. The average molecular weight is 152 g/mol. The second-order valence-electron chi connectivity index (χ2n) is 2.86. The molecule has 62 valence electrons. The summed E-state index contributed by atoms with van der Waals surface area (Å²) in [5, 5.41) is 11.9. The topological polar surface area (TPSA) is 35.8 Å². The average Bonchev–Trinajstić information content (AvgIpc) is 2.02. The standard InChI is InChI=1S/C9H16N2/c1-4-6-9(3,8-10)11-7-5-2/h5,11H,2,4,6-7H2,1,3H3. The summed E-state index contributed by atoms with van der Waals surface area (Å²) < 4.78 is 0. The predicted octanol–water partition coefficient (Wildman–Crippen LogP) is 1.84. The summed E-state index contributed by atoms with van der Waals surface area (Å²) in [6, 6.07) is 2.26. The second-order valence-corrected chi connectivity index (χ2v) is 2.86. The number of rotatable bonds is 5. The maximum absolute atomic E-state index is 8.80. The monoisotopic (exact) mass is 152 g/mol. The Balaban J connectivity index is 3.90. The molecule has 0 aliphatic rings. The van der Waals surface area contributed by atoms with Crippen molar-refractivity contribution in [3.05, 3.63) is 12.7 Å². The second kappa shape index (κ2) is 4.92. The van der Waals surface area contributed by atoms with E-state index in [9.17, 15) is 0 Å². The van der Waals surface area contributed by atoms with Gasteiger partial charge in [0, 0.05) is 6.54 Å². The highest BCUT2D eigenvalue weighted by Crippen LogP contribution is 2.09. The van der Waals surface area contributed by atoms with Crippen molar-refractivity contribution >= 4 is 0 Å². The van der Waals surface area contributed by atoms with Crippen molar-refractivity contribution in [3.8, 4) is 6.07 Å². The molecule has 0 aliphatic heterocycles. The molecular formula is C9H16N2. The zero-order valence-corrected chi connectivity index (χ0v) is 7.35. The van der Waals surface area contributed by atoms with E-state index in [1.807, 2.05) is 6.92 Å². The third-order valence-electron chi connectivity index (χ3n) is 1.63. The Hall–Kier alpha value is -0.810. The lowest BCUT2D eigenvalue weighted by Crippen LogP contribution is -2.40. The number of nitriles is 1. The molecule has 0 aromatic carbocycles. The Kier molecular flexibility index (Phi) is 4.56. The van der Waals surface area contributed by atoms with Crippen molar-refractivity contribution < 1.29 is 0 Å². The van der Waals surface area contributed by atoms with Gasteiger partial charge in [0.2, 0.25) is 0 Å². The van der Waals surface area contributed by atoms with E-state index in [1.54, 1.807) is 6.08 Å². The van der Waals surface area contributed by atoms with Gasteiger partial charge in [-0.25, -0.2) is 0 Å². The first kappa shape index (κ1) is 10.2. The van der Waals surface area contributed by atoms with Gasteiger partial charge in [0.25, 0.3) is 0 Å². The summed E-state index contributed by atoms with van der Waals surface area (Å²) in [5.74, 6) is 0. The molecule has 0 spiro atoms. The van der Waals surface area contributed by atoms with Crippen LogP contribution in [0.4, 0.5) is 0 Å². The van der Waals surface area contributed by atoms with Gasteiger partial charge in [-0.1, -0.05) is 19.4 Å². The van der Waals surface area contributed by atoms with Crippen molar-refractivity contribution in [2.75, 3.05) is 6.54 Å². The van der Waals surface area contributed by atoms with Crippen molar-refractivity contribution in [1.29, 1.82) is 5.26 Å². The van der Waals surface area contributed by atoms with E-state index in [-0.39, 0.29) is 5.54 Å². The highest BCUT2D eigenvalue weighted by molar-refractivity contribution is 5.04. The van der Waals surface area contributed by atoms with Crippen molar-refractivity contribution in [1.82, 2.24) is 5.32 Å². The maximum atomic E-state index is 8.80. The summed E-state index contributed by atoms with van der Waals surface area (Å²) in [5.41, 5.74) is -0.372. The van der Waals surface area contributed by atoms with Crippen LogP contribution in [0, 0.1) is 11.3 Å². The smallest absolute Gasteiger partial charge is 0.104 e. The van der Waals surface area contributed by atoms with E-state index < -0.39 is 0 Å². The van der Waals surface area contributed by atoms with E-state index in [0.29, 0.717) is 6.54 Å². The highest BCUT2D eigenvalue weighted by atomic mass is 14.9. The van der Waals surface area contributed by atoms with E-state index >= 15 is 0 Å². The van der Waals surface area contributed by atoms with Gasteiger partial charge in [-0.05, 0) is 13.3 Å². The number of hydrogen-bond acceptors (Lipinski definition) is 2. The van der Waals surface area contributed by atoms with Crippen LogP contribution in [0.2, 0.25) is 0 Å². The molecule has 0 amide bonds. The SMILES string of the molecule is C=CCNC(C)(C#N)CCC. The van der Waals surface area contributed by atoms with Gasteiger partial charge < -0.3 is 0 Å². The lowest BCUT2D eigenvalue weighted by Gasteiger charge is -2.21. The fraction of sp³-hybridized carbons (Fsp3) is 0.667. The van der Waals surface area contributed by atoms with Gasteiger partial charge in [0.1, 0.15) is 5.54 Å². The van der Waals surface area contributed by atoms with E-state index in [0.717, 1.165) is 12.8 Å². The molecule has 0 saturated carbocycles. The zero-order chi connectivity index (χ0) is 8.74. The lowest BCUT2D eigenvalue weighted by atomic mass is 9.98. The highest BCUT2D eigenvalue weighted by Gasteiger charge is 2.20. The quantitative estimate of drug-likeness (QED) is 0.610. The Labute approximate surface area is 68.9 Å². The van der Waals surface area contributed by atoms with Gasteiger partial charge in [0.15, 0.2) is 0 Å². The van der Waals surface area contributed by atoms with Gasteiger partial charge in [-0.3, -0.25) is 5.32 Å². The molecule has 0 bridgehead atoms. The van der Waals surface area contributed by atoms with Crippen LogP contribution in [-0.4, -0.2) is 12.1 Å². The van der Waals surface area contributed by atoms with E-state index in [4.69, 9.17) is 5.26 Å². The first-order chi connectivity index (χ1) is 5.18. The molecule has 2 heteroatoms. The molecule has 0 aliphatic carbocycles. The van der Waals surface area contributed by atoms with Crippen LogP contribution < -0.4 is 5.32 Å². The van der Waals surface area contributed by atoms with E-state index in [2.05, 4.69) is 24.9 Å². The molecule has 0 radical (unpaired) electrons. The molecule has 0 heterocycles. The fourth-order valence-corrected chi connectivity index (χ4v) is 0.981. The van der Waals surface area contributed by atoms with Crippen LogP contribution in [0.15, 0.2) is 12.7 Å². The minimum absolute atomic E-state index is 0.372. The van der Waals surface area contributed by atoms with Crippen molar-refractivity contribution in [2.24, 2.45) is 0 Å². The summed E-state index contributed by atoms with van der Waals surface area (Å²) in [4.78, 5) is 0. The van der Waals surface area contributed by atoms with Crippen LogP contribution in [0.1, 0.15) is 26.7 Å². The first-order valence-electron chi connectivity index (χ1n) is 3.95. The molecule has 0 aromatic heterocycles. The van der Waals surface area contributed by atoms with Crippen LogP contribution in [0.5, 0.6) is 0 Å². The molecule has 0 fully saturated rings.